The fourth-order valence-electron chi connectivity index (χ4n) is 3.19. The van der Waals surface area contributed by atoms with Gasteiger partial charge in [0.15, 0.2) is 11.5 Å². The van der Waals surface area contributed by atoms with Crippen LogP contribution in [0.2, 0.25) is 0 Å². The molecule has 0 saturated heterocycles. The number of ether oxygens (including phenoxy) is 3. The third kappa shape index (κ3) is 4.87. The molecule has 0 amide bonds. The second-order valence-electron chi connectivity index (χ2n) is 6.78. The van der Waals surface area contributed by atoms with Crippen LogP contribution in [0.15, 0.2) is 66.7 Å². The van der Waals surface area contributed by atoms with Gasteiger partial charge in [0.1, 0.15) is 5.75 Å². The minimum atomic E-state index is -0.580. The zero-order chi connectivity index (χ0) is 21.5. The van der Waals surface area contributed by atoms with Gasteiger partial charge in [0.2, 0.25) is 11.6 Å². The predicted octanol–water partition coefficient (Wildman–Crippen LogP) is 4.56. The van der Waals surface area contributed by atoms with E-state index in [2.05, 4.69) is 0 Å². The van der Waals surface area contributed by atoms with Crippen LogP contribution in [0, 0.1) is 0 Å². The Morgan fingerprint density at radius 3 is 1.90 bits per heavy atom. The molecule has 0 saturated carbocycles. The summed E-state index contributed by atoms with van der Waals surface area (Å²) in [5.41, 5.74) is 2.81. The first kappa shape index (κ1) is 21.1. The zero-order valence-electron chi connectivity index (χ0n) is 17.3. The summed E-state index contributed by atoms with van der Waals surface area (Å²) < 4.78 is 15.6. The van der Waals surface area contributed by atoms with Crippen molar-refractivity contribution in [3.63, 3.8) is 0 Å². The van der Waals surface area contributed by atoms with Gasteiger partial charge in [-0.15, -0.1) is 0 Å². The molecule has 0 aliphatic carbocycles. The Kier molecular flexibility index (Phi) is 6.86. The van der Waals surface area contributed by atoms with Crippen LogP contribution in [0.4, 0.5) is 0 Å². The molecule has 3 aromatic rings. The number of benzene rings is 3. The van der Waals surface area contributed by atoms with E-state index in [1.807, 2.05) is 30.3 Å². The maximum absolute atomic E-state index is 12.8. The Balaban J connectivity index is 1.72. The number of carbonyl (C=O) groups is 2. The quantitative estimate of drug-likeness (QED) is 0.386. The van der Waals surface area contributed by atoms with E-state index in [1.165, 1.54) is 25.8 Å². The van der Waals surface area contributed by atoms with Gasteiger partial charge in [-0.05, 0) is 60.4 Å². The van der Waals surface area contributed by atoms with E-state index in [0.717, 1.165) is 24.2 Å². The lowest BCUT2D eigenvalue weighted by molar-refractivity contribution is 0.0816. The first-order valence-corrected chi connectivity index (χ1v) is 9.58. The molecule has 0 spiro atoms. The van der Waals surface area contributed by atoms with Crippen molar-refractivity contribution in [2.75, 3.05) is 21.3 Å². The lowest BCUT2D eigenvalue weighted by Gasteiger charge is -2.09. The predicted molar refractivity (Wildman–Crippen MR) is 115 cm³/mol. The monoisotopic (exact) mass is 404 g/mol. The first-order chi connectivity index (χ1) is 14.5. The Hall–Kier alpha value is -3.60. The molecule has 0 unspecified atom stereocenters. The number of carbonyl (C=O) groups excluding carboxylic acids is 2. The van der Waals surface area contributed by atoms with Gasteiger partial charge >= 0.3 is 0 Å². The van der Waals surface area contributed by atoms with E-state index < -0.39 is 11.6 Å². The highest BCUT2D eigenvalue weighted by atomic mass is 16.5. The molecule has 0 aliphatic rings. The Morgan fingerprint density at radius 1 is 0.633 bits per heavy atom. The molecule has 3 aromatic carbocycles. The first-order valence-electron chi connectivity index (χ1n) is 9.58. The van der Waals surface area contributed by atoms with Crippen molar-refractivity contribution < 1.29 is 23.8 Å². The minimum Gasteiger partial charge on any atom is -0.497 e. The minimum absolute atomic E-state index is 0.265. The van der Waals surface area contributed by atoms with Gasteiger partial charge in [0.05, 0.1) is 21.3 Å². The second kappa shape index (κ2) is 9.74. The van der Waals surface area contributed by atoms with Crippen molar-refractivity contribution in [1.82, 2.24) is 0 Å². The number of aryl methyl sites for hydroxylation is 2. The van der Waals surface area contributed by atoms with Gasteiger partial charge in [-0.25, -0.2) is 0 Å². The third-order valence-corrected chi connectivity index (χ3v) is 4.90. The van der Waals surface area contributed by atoms with Gasteiger partial charge < -0.3 is 14.2 Å². The van der Waals surface area contributed by atoms with E-state index in [0.29, 0.717) is 17.1 Å². The zero-order valence-corrected chi connectivity index (χ0v) is 17.3. The lowest BCUT2D eigenvalue weighted by Crippen LogP contribution is -2.15. The van der Waals surface area contributed by atoms with E-state index >= 15 is 0 Å². The molecule has 0 aromatic heterocycles. The maximum atomic E-state index is 12.8. The molecular formula is C25H24O5. The van der Waals surface area contributed by atoms with E-state index in [-0.39, 0.29) is 5.56 Å². The highest BCUT2D eigenvalue weighted by molar-refractivity contribution is 6.49. The SMILES string of the molecule is COc1ccc(CCc2cccc(C(=O)C(=O)c3ccc(OC)c(OC)c3)c2)cc1. The van der Waals surface area contributed by atoms with E-state index in [4.69, 9.17) is 14.2 Å². The molecule has 3 rings (SSSR count). The molecule has 5 heteroatoms. The number of hydrogen-bond donors (Lipinski definition) is 0. The summed E-state index contributed by atoms with van der Waals surface area (Å²) in [6.07, 6.45) is 1.59. The number of hydrogen-bond acceptors (Lipinski definition) is 5. The molecule has 154 valence electrons. The van der Waals surface area contributed by atoms with Crippen LogP contribution in [-0.4, -0.2) is 32.9 Å². The fourth-order valence-corrected chi connectivity index (χ4v) is 3.19. The lowest BCUT2D eigenvalue weighted by atomic mass is 9.97. The normalized spacial score (nSPS) is 10.4. The van der Waals surface area contributed by atoms with Gasteiger partial charge in [0.25, 0.3) is 0 Å². The smallest absolute Gasteiger partial charge is 0.233 e. The van der Waals surface area contributed by atoms with Crippen molar-refractivity contribution in [1.29, 1.82) is 0 Å². The average molecular weight is 404 g/mol. The molecule has 0 radical (unpaired) electrons. The Bertz CT molecular complexity index is 1040. The summed E-state index contributed by atoms with van der Waals surface area (Å²) >= 11 is 0. The largest absolute Gasteiger partial charge is 0.497 e. The van der Waals surface area contributed by atoms with Crippen molar-refractivity contribution >= 4 is 11.6 Å². The van der Waals surface area contributed by atoms with Crippen LogP contribution in [0.1, 0.15) is 31.8 Å². The number of methoxy groups -OCH3 is 3. The molecule has 0 heterocycles. The summed E-state index contributed by atoms with van der Waals surface area (Å²) in [6.45, 7) is 0. The summed E-state index contributed by atoms with van der Waals surface area (Å²) in [7, 11) is 4.64. The second-order valence-corrected chi connectivity index (χ2v) is 6.78. The van der Waals surface area contributed by atoms with Crippen LogP contribution >= 0.6 is 0 Å². The molecular weight excluding hydrogens is 380 g/mol. The highest BCUT2D eigenvalue weighted by Crippen LogP contribution is 2.28. The van der Waals surface area contributed by atoms with Crippen LogP contribution in [0.5, 0.6) is 17.2 Å². The Morgan fingerprint density at radius 2 is 1.27 bits per heavy atom. The number of Topliss-reactive ketones (excluding diaryl/α,β-unsaturated/α-hetero) is 2. The van der Waals surface area contributed by atoms with Crippen molar-refractivity contribution in [3.05, 3.63) is 89.0 Å². The topological polar surface area (TPSA) is 61.8 Å². The van der Waals surface area contributed by atoms with Gasteiger partial charge in [-0.1, -0.05) is 30.3 Å². The fraction of sp³-hybridized carbons (Fsp3) is 0.200. The average Bonchev–Trinajstić information content (AvgIpc) is 2.81. The van der Waals surface area contributed by atoms with E-state index in [9.17, 15) is 9.59 Å². The van der Waals surface area contributed by atoms with Crippen molar-refractivity contribution in [2.24, 2.45) is 0 Å². The molecule has 30 heavy (non-hydrogen) atoms. The summed E-state index contributed by atoms with van der Waals surface area (Å²) in [5, 5.41) is 0. The third-order valence-electron chi connectivity index (χ3n) is 4.90. The van der Waals surface area contributed by atoms with Crippen LogP contribution < -0.4 is 14.2 Å². The molecule has 0 bridgehead atoms. The van der Waals surface area contributed by atoms with Gasteiger partial charge in [-0.3, -0.25) is 9.59 Å². The summed E-state index contributed by atoms with van der Waals surface area (Å²) in [5.74, 6) is 0.600. The van der Waals surface area contributed by atoms with Crippen LogP contribution in [-0.2, 0) is 12.8 Å². The highest BCUT2D eigenvalue weighted by Gasteiger charge is 2.20. The Labute approximate surface area is 176 Å². The van der Waals surface area contributed by atoms with E-state index in [1.54, 1.807) is 37.4 Å². The number of ketones is 2. The van der Waals surface area contributed by atoms with Crippen molar-refractivity contribution in [3.8, 4) is 17.2 Å². The standard InChI is InChI=1S/C25H24O5/c1-28-21-12-9-17(10-13-21)7-8-18-5-4-6-19(15-18)24(26)25(27)20-11-14-22(29-2)23(16-20)30-3/h4-6,9-16H,7-8H2,1-3H3. The molecule has 0 aliphatic heterocycles. The molecule has 0 fully saturated rings. The van der Waals surface area contributed by atoms with Gasteiger partial charge in [-0.2, -0.15) is 0 Å². The van der Waals surface area contributed by atoms with Crippen molar-refractivity contribution in [2.45, 2.75) is 12.8 Å². The van der Waals surface area contributed by atoms with Crippen LogP contribution in [0.25, 0.3) is 0 Å². The molecule has 5 nitrogen and oxygen atoms in total. The molecule has 0 atom stereocenters. The maximum Gasteiger partial charge on any atom is 0.233 e. The summed E-state index contributed by atoms with van der Waals surface area (Å²) in [4.78, 5) is 25.5. The summed E-state index contributed by atoms with van der Waals surface area (Å²) in [6, 6.07) is 19.8. The van der Waals surface area contributed by atoms with Gasteiger partial charge in [0, 0.05) is 11.1 Å². The molecule has 0 N–H and O–H groups in total. The van der Waals surface area contributed by atoms with Crippen LogP contribution in [0.3, 0.4) is 0 Å². The number of rotatable bonds is 9.